The number of hydrogen-bond acceptors (Lipinski definition) is 4. The van der Waals surface area contributed by atoms with Crippen LogP contribution in [0.3, 0.4) is 0 Å². The highest BCUT2D eigenvalue weighted by atomic mass is 16.7. The first kappa shape index (κ1) is 15.3. The summed E-state index contributed by atoms with van der Waals surface area (Å²) in [6, 6.07) is 7.87. The van der Waals surface area contributed by atoms with E-state index in [0.717, 1.165) is 43.4 Å². The smallest absolute Gasteiger partial charge is 0.342 e. The summed E-state index contributed by atoms with van der Waals surface area (Å²) in [5, 5.41) is 0. The van der Waals surface area contributed by atoms with Gasteiger partial charge in [0, 0.05) is 0 Å². The fraction of sp³-hybridized carbons (Fsp3) is 0.611. The molecule has 2 fully saturated rings. The summed E-state index contributed by atoms with van der Waals surface area (Å²) < 4.78 is 16.9. The first-order chi connectivity index (χ1) is 10.5. The number of carbonyl (C=O) groups is 1. The number of fused-ring (bicyclic) bond motifs is 1. The normalized spacial score (nSPS) is 30.4. The highest BCUT2D eigenvalue weighted by molar-refractivity contribution is 5.85. The van der Waals surface area contributed by atoms with Crippen LogP contribution in [0.15, 0.2) is 24.3 Å². The molecule has 1 aliphatic carbocycles. The third-order valence-electron chi connectivity index (χ3n) is 4.75. The number of hydrogen-bond donors (Lipinski definition) is 0. The fourth-order valence-electron chi connectivity index (χ4n) is 3.62. The van der Waals surface area contributed by atoms with Gasteiger partial charge in [-0.1, -0.05) is 25.0 Å². The van der Waals surface area contributed by atoms with Crippen molar-refractivity contribution in [1.29, 1.82) is 0 Å². The number of ether oxygens (including phenoxy) is 3. The zero-order valence-corrected chi connectivity index (χ0v) is 13.6. The van der Waals surface area contributed by atoms with E-state index in [2.05, 4.69) is 0 Å². The molecule has 1 heterocycles. The van der Waals surface area contributed by atoms with Crippen molar-refractivity contribution in [3.63, 3.8) is 0 Å². The van der Waals surface area contributed by atoms with E-state index in [9.17, 15) is 4.79 Å². The van der Waals surface area contributed by atoms with Crippen molar-refractivity contribution >= 4 is 5.97 Å². The van der Waals surface area contributed by atoms with Crippen LogP contribution in [-0.4, -0.2) is 24.8 Å². The molecule has 1 aliphatic heterocycles. The van der Waals surface area contributed by atoms with Crippen LogP contribution in [0.25, 0.3) is 0 Å². The van der Waals surface area contributed by atoms with Gasteiger partial charge in [-0.2, -0.15) is 0 Å². The number of methoxy groups -OCH3 is 1. The van der Waals surface area contributed by atoms with Crippen molar-refractivity contribution in [2.24, 2.45) is 0 Å². The van der Waals surface area contributed by atoms with Crippen molar-refractivity contribution in [1.82, 2.24) is 0 Å². The second-order valence-electron chi connectivity index (χ2n) is 6.50. The molecule has 1 saturated heterocycles. The summed E-state index contributed by atoms with van der Waals surface area (Å²) in [5.74, 6) is 0.602. The number of carbonyl (C=O) groups excluding carboxylic acids is 1. The lowest BCUT2D eigenvalue weighted by molar-refractivity contribution is -0.154. The Morgan fingerprint density at radius 1 is 1.14 bits per heavy atom. The first-order valence-corrected chi connectivity index (χ1v) is 8.10. The summed E-state index contributed by atoms with van der Waals surface area (Å²) in [7, 11) is 1.65. The Labute approximate surface area is 131 Å². The molecule has 0 amide bonds. The molecular formula is C18H24O4. The predicted octanol–water partition coefficient (Wildman–Crippen LogP) is 3.58. The van der Waals surface area contributed by atoms with E-state index >= 15 is 0 Å². The van der Waals surface area contributed by atoms with E-state index in [1.165, 1.54) is 0 Å². The molecule has 2 unspecified atom stereocenters. The van der Waals surface area contributed by atoms with Gasteiger partial charge in [0.25, 0.3) is 0 Å². The molecule has 0 N–H and O–H groups in total. The van der Waals surface area contributed by atoms with Crippen molar-refractivity contribution in [3.05, 3.63) is 29.8 Å². The van der Waals surface area contributed by atoms with E-state index in [1.807, 2.05) is 38.1 Å². The van der Waals surface area contributed by atoms with E-state index in [0.29, 0.717) is 0 Å². The molecule has 1 saturated carbocycles. The van der Waals surface area contributed by atoms with Gasteiger partial charge in [-0.05, 0) is 50.8 Å². The summed E-state index contributed by atoms with van der Waals surface area (Å²) in [6.45, 7) is 3.76. The Morgan fingerprint density at radius 2 is 1.82 bits per heavy atom. The lowest BCUT2D eigenvalue weighted by atomic mass is 9.82. The van der Waals surface area contributed by atoms with Crippen LogP contribution in [0.1, 0.15) is 51.5 Å². The summed E-state index contributed by atoms with van der Waals surface area (Å²) >= 11 is 0. The molecule has 0 bridgehead atoms. The molecular weight excluding hydrogens is 280 g/mol. The van der Waals surface area contributed by atoms with Gasteiger partial charge < -0.3 is 14.2 Å². The molecule has 1 aromatic carbocycles. The highest BCUT2D eigenvalue weighted by Gasteiger charge is 2.75. The number of esters is 1. The Bertz CT molecular complexity index is 551. The highest BCUT2D eigenvalue weighted by Crippen LogP contribution is 2.63. The first-order valence-electron chi connectivity index (χ1n) is 8.10. The monoisotopic (exact) mass is 304 g/mol. The van der Waals surface area contributed by atoms with Crippen molar-refractivity contribution in [2.45, 2.75) is 63.3 Å². The maximum atomic E-state index is 12.7. The Balaban J connectivity index is 1.93. The Hall–Kier alpha value is -1.55. The van der Waals surface area contributed by atoms with Crippen LogP contribution in [0, 0.1) is 0 Å². The van der Waals surface area contributed by atoms with Crippen LogP contribution >= 0.6 is 0 Å². The zero-order chi connectivity index (χ0) is 15.8. The second kappa shape index (κ2) is 5.58. The zero-order valence-electron chi connectivity index (χ0n) is 13.6. The summed E-state index contributed by atoms with van der Waals surface area (Å²) in [5.41, 5.74) is -0.250. The van der Waals surface area contributed by atoms with Crippen molar-refractivity contribution in [3.8, 4) is 5.75 Å². The third-order valence-corrected chi connectivity index (χ3v) is 4.75. The van der Waals surface area contributed by atoms with Gasteiger partial charge in [-0.25, -0.2) is 4.79 Å². The average molecular weight is 304 g/mol. The Morgan fingerprint density at radius 3 is 2.45 bits per heavy atom. The van der Waals surface area contributed by atoms with E-state index in [1.54, 1.807) is 7.11 Å². The van der Waals surface area contributed by atoms with E-state index in [4.69, 9.17) is 14.2 Å². The fourth-order valence-corrected chi connectivity index (χ4v) is 3.62. The second-order valence-corrected chi connectivity index (χ2v) is 6.50. The maximum Gasteiger partial charge on any atom is 0.342 e. The SMILES string of the molecule is COc1ccc(C23CCCCCC2(C(=O)OC(C)C)O3)cc1. The molecule has 2 atom stereocenters. The average Bonchev–Trinajstić information content (AvgIpc) is 3.18. The largest absolute Gasteiger partial charge is 0.497 e. The Kier molecular flexibility index (Phi) is 3.89. The van der Waals surface area contributed by atoms with Gasteiger partial charge in [0.1, 0.15) is 11.4 Å². The van der Waals surface area contributed by atoms with Gasteiger partial charge >= 0.3 is 5.97 Å². The van der Waals surface area contributed by atoms with E-state index in [-0.39, 0.29) is 12.1 Å². The van der Waals surface area contributed by atoms with Gasteiger partial charge in [0.2, 0.25) is 0 Å². The lowest BCUT2D eigenvalue weighted by Crippen LogP contribution is -2.35. The minimum atomic E-state index is -0.789. The quantitative estimate of drug-likeness (QED) is 0.630. The lowest BCUT2D eigenvalue weighted by Gasteiger charge is -2.19. The van der Waals surface area contributed by atoms with Crippen molar-refractivity contribution < 1.29 is 19.0 Å². The van der Waals surface area contributed by atoms with Crippen LogP contribution in [0.5, 0.6) is 5.75 Å². The van der Waals surface area contributed by atoms with Gasteiger partial charge in [0.05, 0.1) is 13.2 Å². The van der Waals surface area contributed by atoms with Gasteiger partial charge in [0.15, 0.2) is 5.60 Å². The number of benzene rings is 1. The molecule has 22 heavy (non-hydrogen) atoms. The summed E-state index contributed by atoms with van der Waals surface area (Å²) in [6.07, 6.45) is 4.70. The van der Waals surface area contributed by atoms with Crippen molar-refractivity contribution in [2.75, 3.05) is 7.11 Å². The molecule has 120 valence electrons. The molecule has 0 aromatic heterocycles. The molecule has 2 aliphatic rings. The predicted molar refractivity (Wildman–Crippen MR) is 82.8 cm³/mol. The molecule has 3 rings (SSSR count). The standard InChI is InChI=1S/C18H24O4/c1-13(2)21-16(19)18-12-6-4-5-11-17(18,22-18)14-7-9-15(20-3)10-8-14/h7-10,13H,4-6,11-12H2,1-3H3. The van der Waals surface area contributed by atoms with Crippen LogP contribution < -0.4 is 4.74 Å². The maximum absolute atomic E-state index is 12.7. The molecule has 4 heteroatoms. The molecule has 0 spiro atoms. The topological polar surface area (TPSA) is 48.1 Å². The third kappa shape index (κ3) is 2.30. The minimum absolute atomic E-state index is 0.122. The van der Waals surface area contributed by atoms with Crippen LogP contribution in [-0.2, 0) is 19.9 Å². The van der Waals surface area contributed by atoms with E-state index < -0.39 is 11.2 Å². The van der Waals surface area contributed by atoms with Gasteiger partial charge in [-0.3, -0.25) is 0 Å². The van der Waals surface area contributed by atoms with Crippen LogP contribution in [0.2, 0.25) is 0 Å². The number of rotatable bonds is 4. The minimum Gasteiger partial charge on any atom is -0.497 e. The van der Waals surface area contributed by atoms with Crippen LogP contribution in [0.4, 0.5) is 0 Å². The molecule has 0 radical (unpaired) electrons. The number of epoxide rings is 1. The molecule has 1 aromatic rings. The molecule has 4 nitrogen and oxygen atoms in total. The summed E-state index contributed by atoms with van der Waals surface area (Å²) in [4.78, 5) is 12.7. The van der Waals surface area contributed by atoms with Gasteiger partial charge in [-0.15, -0.1) is 0 Å².